The van der Waals surface area contributed by atoms with Gasteiger partial charge in [-0.15, -0.1) is 0 Å². The predicted molar refractivity (Wildman–Crippen MR) is 77.1 cm³/mol. The number of hydrogen-bond donors (Lipinski definition) is 0. The molecule has 0 unspecified atom stereocenters. The number of pyridine rings is 1. The van der Waals surface area contributed by atoms with Crippen LogP contribution in [0.4, 0.5) is 5.82 Å². The first kappa shape index (κ1) is 14.8. The molecule has 0 N–H and O–H groups in total. The second-order valence-corrected chi connectivity index (χ2v) is 4.94. The number of unbranched alkanes of at least 4 members (excludes halogenated alkanes) is 1. The molecule has 0 radical (unpaired) electrons. The molecule has 0 aliphatic carbocycles. The van der Waals surface area contributed by atoms with Gasteiger partial charge in [-0.25, -0.2) is 9.78 Å². The molecule has 2 heterocycles. The van der Waals surface area contributed by atoms with Crippen LogP contribution < -0.4 is 4.90 Å². The number of carbonyl (C=O) groups excluding carboxylic acids is 1. The molecule has 20 heavy (non-hydrogen) atoms. The van der Waals surface area contributed by atoms with Crippen molar-refractivity contribution in [2.45, 2.75) is 25.7 Å². The second kappa shape index (κ2) is 7.85. The lowest BCUT2D eigenvalue weighted by molar-refractivity contribution is 0.0488. The predicted octanol–water partition coefficient (Wildman–Crippen LogP) is 2.27. The van der Waals surface area contributed by atoms with Crippen LogP contribution in [0.2, 0.25) is 0 Å². The highest BCUT2D eigenvalue weighted by atomic mass is 16.5. The van der Waals surface area contributed by atoms with Crippen LogP contribution in [0.5, 0.6) is 0 Å². The molecule has 0 saturated carbocycles. The summed E-state index contributed by atoms with van der Waals surface area (Å²) in [7, 11) is 1.67. The van der Waals surface area contributed by atoms with Crippen molar-refractivity contribution in [1.82, 2.24) is 4.98 Å². The Morgan fingerprint density at radius 1 is 1.25 bits per heavy atom. The van der Waals surface area contributed by atoms with Crippen molar-refractivity contribution in [3.05, 3.63) is 23.9 Å². The third kappa shape index (κ3) is 4.20. The van der Waals surface area contributed by atoms with Gasteiger partial charge < -0.3 is 14.4 Å². The Bertz CT molecular complexity index is 414. The Kier molecular flexibility index (Phi) is 5.80. The minimum atomic E-state index is -0.303. The molecule has 1 aromatic heterocycles. The van der Waals surface area contributed by atoms with Gasteiger partial charge in [0.15, 0.2) is 0 Å². The highest BCUT2D eigenvalue weighted by Gasteiger charge is 2.14. The summed E-state index contributed by atoms with van der Waals surface area (Å²) in [6.45, 7) is 3.23. The fourth-order valence-corrected chi connectivity index (χ4v) is 2.24. The zero-order chi connectivity index (χ0) is 14.2. The van der Waals surface area contributed by atoms with Gasteiger partial charge in [0.25, 0.3) is 0 Å². The van der Waals surface area contributed by atoms with E-state index in [-0.39, 0.29) is 5.97 Å². The van der Waals surface area contributed by atoms with E-state index in [0.29, 0.717) is 18.8 Å². The van der Waals surface area contributed by atoms with Gasteiger partial charge in [-0.1, -0.05) is 0 Å². The van der Waals surface area contributed by atoms with Crippen LogP contribution in [0.25, 0.3) is 0 Å². The summed E-state index contributed by atoms with van der Waals surface area (Å²) in [4.78, 5) is 18.4. The van der Waals surface area contributed by atoms with Crippen LogP contribution in [-0.2, 0) is 9.47 Å². The summed E-state index contributed by atoms with van der Waals surface area (Å²) in [5.74, 6) is 0.641. The van der Waals surface area contributed by atoms with Gasteiger partial charge in [-0.2, -0.15) is 0 Å². The van der Waals surface area contributed by atoms with Crippen molar-refractivity contribution in [3.63, 3.8) is 0 Å². The number of aromatic nitrogens is 1. The third-order valence-corrected chi connectivity index (χ3v) is 3.39. The first-order valence-electron chi connectivity index (χ1n) is 7.18. The smallest absolute Gasteiger partial charge is 0.339 e. The SMILES string of the molecule is COCCCCOC(=O)c1ccc(N2CCCC2)nc1. The van der Waals surface area contributed by atoms with Crippen molar-refractivity contribution >= 4 is 11.8 Å². The Labute approximate surface area is 119 Å². The van der Waals surface area contributed by atoms with Crippen LogP contribution in [0.15, 0.2) is 18.3 Å². The maximum atomic E-state index is 11.8. The molecule has 110 valence electrons. The fraction of sp³-hybridized carbons (Fsp3) is 0.600. The van der Waals surface area contributed by atoms with E-state index >= 15 is 0 Å². The minimum Gasteiger partial charge on any atom is -0.462 e. The Balaban J connectivity index is 1.78. The van der Waals surface area contributed by atoms with Crippen LogP contribution in [-0.4, -0.2) is 44.4 Å². The molecular weight excluding hydrogens is 256 g/mol. The summed E-state index contributed by atoms with van der Waals surface area (Å²) in [5, 5.41) is 0. The van der Waals surface area contributed by atoms with Gasteiger partial charge in [0.2, 0.25) is 0 Å². The molecule has 1 saturated heterocycles. The maximum absolute atomic E-state index is 11.8. The molecule has 0 amide bonds. The lowest BCUT2D eigenvalue weighted by Gasteiger charge is -2.16. The summed E-state index contributed by atoms with van der Waals surface area (Å²) in [6, 6.07) is 3.69. The quantitative estimate of drug-likeness (QED) is 0.565. The van der Waals surface area contributed by atoms with Gasteiger partial charge in [-0.3, -0.25) is 0 Å². The summed E-state index contributed by atoms with van der Waals surface area (Å²) in [6.07, 6.45) is 5.75. The molecule has 5 nitrogen and oxygen atoms in total. The van der Waals surface area contributed by atoms with Crippen molar-refractivity contribution in [3.8, 4) is 0 Å². The number of rotatable bonds is 7. The molecule has 1 aliphatic rings. The second-order valence-electron chi connectivity index (χ2n) is 4.94. The number of hydrogen-bond acceptors (Lipinski definition) is 5. The molecule has 1 aromatic rings. The van der Waals surface area contributed by atoms with Gasteiger partial charge in [-0.05, 0) is 37.8 Å². The van der Waals surface area contributed by atoms with E-state index in [2.05, 4.69) is 9.88 Å². The first-order chi connectivity index (χ1) is 9.81. The van der Waals surface area contributed by atoms with Crippen molar-refractivity contribution < 1.29 is 14.3 Å². The highest BCUT2D eigenvalue weighted by Crippen LogP contribution is 2.17. The molecule has 0 aromatic carbocycles. The Hall–Kier alpha value is -1.62. The Morgan fingerprint density at radius 2 is 2.00 bits per heavy atom. The number of ether oxygens (including phenoxy) is 2. The average molecular weight is 278 g/mol. The summed E-state index contributed by atoms with van der Waals surface area (Å²) in [5.41, 5.74) is 0.514. The van der Waals surface area contributed by atoms with Gasteiger partial charge in [0.1, 0.15) is 5.82 Å². The molecule has 2 rings (SSSR count). The fourth-order valence-electron chi connectivity index (χ4n) is 2.24. The van der Waals surface area contributed by atoms with Crippen LogP contribution in [0.3, 0.4) is 0 Å². The summed E-state index contributed by atoms with van der Waals surface area (Å²) >= 11 is 0. The maximum Gasteiger partial charge on any atom is 0.339 e. The lowest BCUT2D eigenvalue weighted by atomic mass is 10.3. The Morgan fingerprint density at radius 3 is 2.65 bits per heavy atom. The number of anilines is 1. The first-order valence-corrected chi connectivity index (χ1v) is 7.18. The normalized spacial score (nSPS) is 14.6. The van der Waals surface area contributed by atoms with Crippen molar-refractivity contribution in [2.24, 2.45) is 0 Å². The summed E-state index contributed by atoms with van der Waals surface area (Å²) < 4.78 is 10.1. The van der Waals surface area contributed by atoms with Crippen LogP contribution in [0.1, 0.15) is 36.0 Å². The van der Waals surface area contributed by atoms with E-state index in [0.717, 1.165) is 31.7 Å². The lowest BCUT2D eigenvalue weighted by Crippen LogP contribution is -2.19. The van der Waals surface area contributed by atoms with Gasteiger partial charge in [0, 0.05) is 33.0 Å². The number of methoxy groups -OCH3 is 1. The van der Waals surface area contributed by atoms with E-state index in [4.69, 9.17) is 9.47 Å². The minimum absolute atomic E-state index is 0.303. The van der Waals surface area contributed by atoms with Crippen LogP contribution in [0, 0.1) is 0 Å². The molecule has 0 spiro atoms. The van der Waals surface area contributed by atoms with Crippen molar-refractivity contribution in [2.75, 3.05) is 38.3 Å². The van der Waals surface area contributed by atoms with E-state index < -0.39 is 0 Å². The molecule has 1 fully saturated rings. The number of esters is 1. The molecule has 1 aliphatic heterocycles. The largest absolute Gasteiger partial charge is 0.462 e. The highest BCUT2D eigenvalue weighted by molar-refractivity contribution is 5.89. The molecule has 0 atom stereocenters. The van der Waals surface area contributed by atoms with Crippen LogP contribution >= 0.6 is 0 Å². The molecular formula is C15H22N2O3. The average Bonchev–Trinajstić information content (AvgIpc) is 3.01. The zero-order valence-electron chi connectivity index (χ0n) is 12.0. The van der Waals surface area contributed by atoms with E-state index in [1.165, 1.54) is 12.8 Å². The zero-order valence-corrected chi connectivity index (χ0v) is 12.0. The molecule has 0 bridgehead atoms. The number of nitrogens with zero attached hydrogens (tertiary/aromatic N) is 2. The van der Waals surface area contributed by atoms with E-state index in [1.54, 1.807) is 19.4 Å². The number of carbonyl (C=O) groups is 1. The monoisotopic (exact) mass is 278 g/mol. The molecule has 5 heteroatoms. The van der Waals surface area contributed by atoms with E-state index in [1.807, 2.05) is 6.07 Å². The topological polar surface area (TPSA) is 51.7 Å². The third-order valence-electron chi connectivity index (χ3n) is 3.39. The van der Waals surface area contributed by atoms with E-state index in [9.17, 15) is 4.79 Å². The van der Waals surface area contributed by atoms with Gasteiger partial charge >= 0.3 is 5.97 Å². The standard InChI is InChI=1S/C15H22N2O3/c1-19-10-4-5-11-20-15(18)13-6-7-14(16-12-13)17-8-2-3-9-17/h6-7,12H,2-5,8-11H2,1H3. The van der Waals surface area contributed by atoms with Crippen molar-refractivity contribution in [1.29, 1.82) is 0 Å². The van der Waals surface area contributed by atoms with Gasteiger partial charge in [0.05, 0.1) is 12.2 Å².